The Morgan fingerprint density at radius 1 is 1.22 bits per heavy atom. The van der Waals surface area contributed by atoms with Gasteiger partial charge in [0.15, 0.2) is 0 Å². The summed E-state index contributed by atoms with van der Waals surface area (Å²) < 4.78 is 5.65. The zero-order valence-electron chi connectivity index (χ0n) is 17.0. The van der Waals surface area contributed by atoms with Crippen molar-refractivity contribution in [1.29, 1.82) is 0 Å². The first-order chi connectivity index (χ1) is 15.3. The second-order valence-electron chi connectivity index (χ2n) is 7.66. The highest BCUT2D eigenvalue weighted by Gasteiger charge is 2.45. The first-order valence-electron chi connectivity index (χ1n) is 10.1. The van der Waals surface area contributed by atoms with Crippen molar-refractivity contribution in [3.05, 3.63) is 69.2 Å². The van der Waals surface area contributed by atoms with Crippen LogP contribution in [-0.2, 0) is 14.3 Å². The average Bonchev–Trinajstić information content (AvgIpc) is 3.40. The van der Waals surface area contributed by atoms with Gasteiger partial charge in [-0.3, -0.25) is 24.5 Å². The molecule has 166 valence electrons. The molecule has 2 aromatic rings. The molecule has 2 saturated heterocycles. The predicted molar refractivity (Wildman–Crippen MR) is 115 cm³/mol. The van der Waals surface area contributed by atoms with Crippen molar-refractivity contribution in [3.8, 4) is 0 Å². The minimum absolute atomic E-state index is 0.0717. The Balaban J connectivity index is 1.65. The van der Waals surface area contributed by atoms with Crippen LogP contribution in [0, 0.1) is 10.1 Å². The fourth-order valence-electron chi connectivity index (χ4n) is 4.00. The van der Waals surface area contributed by atoms with Crippen LogP contribution in [0.3, 0.4) is 0 Å². The molecule has 2 heterocycles. The van der Waals surface area contributed by atoms with Crippen LogP contribution in [0.4, 0.5) is 11.4 Å². The molecule has 0 bridgehead atoms. The molecule has 10 heteroatoms. The molecule has 2 fully saturated rings. The summed E-state index contributed by atoms with van der Waals surface area (Å²) in [5.41, 5.74) is 0.207. The van der Waals surface area contributed by atoms with Crippen LogP contribution in [-0.4, -0.2) is 52.8 Å². The molecule has 0 aromatic heterocycles. The number of benzene rings is 2. The summed E-state index contributed by atoms with van der Waals surface area (Å²) in [7, 11) is 0. The van der Waals surface area contributed by atoms with Crippen LogP contribution in [0.25, 0.3) is 0 Å². The number of nitrogens with zero attached hydrogens (tertiary/aromatic N) is 3. The van der Waals surface area contributed by atoms with Crippen molar-refractivity contribution >= 4 is 40.7 Å². The van der Waals surface area contributed by atoms with Gasteiger partial charge in [0.2, 0.25) is 5.91 Å². The third-order valence-electron chi connectivity index (χ3n) is 5.57. The van der Waals surface area contributed by atoms with E-state index in [4.69, 9.17) is 16.3 Å². The molecule has 0 saturated carbocycles. The Hall–Kier alpha value is -3.30. The predicted octanol–water partition coefficient (Wildman–Crippen LogP) is 3.20. The zero-order valence-corrected chi connectivity index (χ0v) is 17.7. The summed E-state index contributed by atoms with van der Waals surface area (Å²) >= 11 is 5.91. The third-order valence-corrected chi connectivity index (χ3v) is 5.82. The number of non-ortho nitro benzene ring substituents is 1. The summed E-state index contributed by atoms with van der Waals surface area (Å²) in [5, 5.41) is 11.6. The fourth-order valence-corrected chi connectivity index (χ4v) is 4.12. The van der Waals surface area contributed by atoms with Crippen LogP contribution < -0.4 is 4.90 Å². The van der Waals surface area contributed by atoms with Gasteiger partial charge in [0.1, 0.15) is 6.04 Å². The van der Waals surface area contributed by atoms with E-state index in [1.807, 2.05) is 0 Å². The second kappa shape index (κ2) is 9.05. The van der Waals surface area contributed by atoms with Gasteiger partial charge >= 0.3 is 0 Å². The molecule has 2 aliphatic heterocycles. The number of halogens is 1. The molecule has 9 nitrogen and oxygen atoms in total. The molecule has 4 rings (SSSR count). The van der Waals surface area contributed by atoms with E-state index < -0.39 is 28.7 Å². The standard InChI is InChI=1S/C22H20ClN3O6/c23-15-6-8-16(9-7-15)25-20(27)12-19(22(25)29)24(13-18-5-2-10-32-18)21(28)14-3-1-4-17(11-14)26(30)31/h1,3-4,6-9,11,18-19H,2,5,10,12-13H2. The number of rotatable bonds is 6. The molecule has 0 aliphatic carbocycles. The highest BCUT2D eigenvalue weighted by atomic mass is 35.5. The van der Waals surface area contributed by atoms with Gasteiger partial charge in [-0.2, -0.15) is 0 Å². The largest absolute Gasteiger partial charge is 0.376 e. The number of amides is 3. The quantitative estimate of drug-likeness (QED) is 0.374. The maximum absolute atomic E-state index is 13.4. The molecular weight excluding hydrogens is 438 g/mol. The Morgan fingerprint density at radius 2 is 1.97 bits per heavy atom. The van der Waals surface area contributed by atoms with Gasteiger partial charge in [-0.05, 0) is 43.2 Å². The minimum Gasteiger partial charge on any atom is -0.376 e. The lowest BCUT2D eigenvalue weighted by Crippen LogP contribution is -2.48. The summed E-state index contributed by atoms with van der Waals surface area (Å²) in [6.45, 7) is 0.664. The number of imide groups is 1. The van der Waals surface area contributed by atoms with Gasteiger partial charge in [-0.15, -0.1) is 0 Å². The van der Waals surface area contributed by atoms with Crippen molar-refractivity contribution in [2.24, 2.45) is 0 Å². The normalized spacial score (nSPS) is 20.6. The highest BCUT2D eigenvalue weighted by Crippen LogP contribution is 2.29. The number of carbonyl (C=O) groups is 3. The van der Waals surface area contributed by atoms with Crippen molar-refractivity contribution in [2.75, 3.05) is 18.1 Å². The lowest BCUT2D eigenvalue weighted by atomic mass is 10.1. The highest BCUT2D eigenvalue weighted by molar-refractivity contribution is 6.31. The van der Waals surface area contributed by atoms with Crippen molar-refractivity contribution < 1.29 is 24.0 Å². The first kappa shape index (κ1) is 21.9. The number of ether oxygens (including phenoxy) is 1. The molecule has 0 radical (unpaired) electrons. The van der Waals surface area contributed by atoms with Crippen LogP contribution in [0.5, 0.6) is 0 Å². The zero-order chi connectivity index (χ0) is 22.8. The van der Waals surface area contributed by atoms with Crippen LogP contribution in [0.1, 0.15) is 29.6 Å². The number of nitro benzene ring substituents is 1. The second-order valence-corrected chi connectivity index (χ2v) is 8.10. The van der Waals surface area contributed by atoms with Gasteiger partial charge in [0.05, 0.1) is 23.1 Å². The summed E-state index contributed by atoms with van der Waals surface area (Å²) in [6.07, 6.45) is 1.09. The Morgan fingerprint density at radius 3 is 2.62 bits per heavy atom. The Kier molecular flexibility index (Phi) is 6.20. The number of hydrogen-bond donors (Lipinski definition) is 0. The van der Waals surface area contributed by atoms with Gasteiger partial charge < -0.3 is 9.64 Å². The molecule has 32 heavy (non-hydrogen) atoms. The minimum atomic E-state index is -1.03. The van der Waals surface area contributed by atoms with E-state index in [1.54, 1.807) is 24.3 Å². The van der Waals surface area contributed by atoms with Crippen molar-refractivity contribution in [3.63, 3.8) is 0 Å². The monoisotopic (exact) mass is 457 g/mol. The SMILES string of the molecule is O=C1CC(N(CC2CCCO2)C(=O)c2cccc([N+](=O)[O-])c2)C(=O)N1c1ccc(Cl)cc1. The number of anilines is 1. The maximum Gasteiger partial charge on any atom is 0.270 e. The van der Waals surface area contributed by atoms with Crippen molar-refractivity contribution in [1.82, 2.24) is 4.90 Å². The van der Waals surface area contributed by atoms with E-state index in [9.17, 15) is 24.5 Å². The first-order valence-corrected chi connectivity index (χ1v) is 10.5. The van der Waals surface area contributed by atoms with E-state index >= 15 is 0 Å². The lowest BCUT2D eigenvalue weighted by molar-refractivity contribution is -0.384. The lowest BCUT2D eigenvalue weighted by Gasteiger charge is -2.29. The molecule has 2 atom stereocenters. The van der Waals surface area contributed by atoms with E-state index in [0.717, 1.165) is 11.3 Å². The van der Waals surface area contributed by atoms with E-state index in [2.05, 4.69) is 0 Å². The number of carbonyl (C=O) groups excluding carboxylic acids is 3. The summed E-state index contributed by atoms with van der Waals surface area (Å²) in [4.78, 5) is 52.3. The molecular formula is C22H20ClN3O6. The maximum atomic E-state index is 13.4. The molecule has 2 aromatic carbocycles. The fraction of sp³-hybridized carbons (Fsp3) is 0.318. The van der Waals surface area contributed by atoms with E-state index in [-0.39, 0.29) is 30.3 Å². The van der Waals surface area contributed by atoms with Crippen LogP contribution in [0.15, 0.2) is 48.5 Å². The summed E-state index contributed by atoms with van der Waals surface area (Å²) in [6, 6.07) is 10.6. The Bertz CT molecular complexity index is 1070. The average molecular weight is 458 g/mol. The Labute approximate surface area is 188 Å². The molecule has 2 aliphatic rings. The molecule has 3 amide bonds. The smallest absolute Gasteiger partial charge is 0.270 e. The summed E-state index contributed by atoms with van der Waals surface area (Å²) in [5.74, 6) is -1.53. The molecule has 0 spiro atoms. The van der Waals surface area contributed by atoms with Crippen LogP contribution in [0.2, 0.25) is 5.02 Å². The molecule has 2 unspecified atom stereocenters. The van der Waals surface area contributed by atoms with Gasteiger partial charge in [0, 0.05) is 35.9 Å². The third kappa shape index (κ3) is 4.35. The number of nitro groups is 1. The van der Waals surface area contributed by atoms with Gasteiger partial charge in [0.25, 0.3) is 17.5 Å². The topological polar surface area (TPSA) is 110 Å². The van der Waals surface area contributed by atoms with Crippen molar-refractivity contribution in [2.45, 2.75) is 31.4 Å². The van der Waals surface area contributed by atoms with E-state index in [1.165, 1.54) is 29.2 Å². The van der Waals surface area contributed by atoms with Gasteiger partial charge in [-0.25, -0.2) is 4.90 Å². The molecule has 0 N–H and O–H groups in total. The van der Waals surface area contributed by atoms with E-state index in [0.29, 0.717) is 23.7 Å². The van der Waals surface area contributed by atoms with Crippen LogP contribution >= 0.6 is 11.6 Å². The van der Waals surface area contributed by atoms with Gasteiger partial charge in [-0.1, -0.05) is 17.7 Å². The number of hydrogen-bond acceptors (Lipinski definition) is 6.